The quantitative estimate of drug-likeness (QED) is 0.649. The van der Waals surface area contributed by atoms with Crippen molar-refractivity contribution in [3.63, 3.8) is 0 Å². The van der Waals surface area contributed by atoms with Crippen LogP contribution in [0.25, 0.3) is 11.5 Å². The van der Waals surface area contributed by atoms with Gasteiger partial charge in [0.1, 0.15) is 11.5 Å². The zero-order valence-electron chi connectivity index (χ0n) is 14.5. The predicted molar refractivity (Wildman–Crippen MR) is 94.7 cm³/mol. The van der Waals surface area contributed by atoms with Crippen LogP contribution in [0.5, 0.6) is 0 Å². The summed E-state index contributed by atoms with van der Waals surface area (Å²) >= 11 is 0. The van der Waals surface area contributed by atoms with Crippen molar-refractivity contribution in [2.75, 3.05) is 6.54 Å². The fourth-order valence-corrected chi connectivity index (χ4v) is 2.62. The summed E-state index contributed by atoms with van der Waals surface area (Å²) in [6.07, 6.45) is 1.95. The number of hydrogen-bond donors (Lipinski definition) is 0. The molecule has 6 heteroatoms. The van der Waals surface area contributed by atoms with Gasteiger partial charge in [0, 0.05) is 12.1 Å². The second kappa shape index (κ2) is 8.17. The van der Waals surface area contributed by atoms with Gasteiger partial charge in [0.25, 0.3) is 0 Å². The number of nitrogens with zero attached hydrogens (tertiary/aromatic N) is 3. The van der Waals surface area contributed by atoms with Gasteiger partial charge >= 0.3 is 0 Å². The standard InChI is InChI=1S/C20H19N3O3/c1-15-18(22-20(26-15)16-7-3-2-4-8-16)13-19(24)23(11-6-10-21)14-17-9-5-12-25-17/h2-5,7-9,12H,6,11,13-14H2,1H3. The maximum Gasteiger partial charge on any atom is 0.229 e. The van der Waals surface area contributed by atoms with E-state index in [-0.39, 0.29) is 18.7 Å². The fourth-order valence-electron chi connectivity index (χ4n) is 2.62. The molecule has 132 valence electrons. The molecule has 0 aliphatic carbocycles. The first-order chi connectivity index (χ1) is 12.7. The minimum absolute atomic E-state index is 0.118. The van der Waals surface area contributed by atoms with E-state index in [1.807, 2.05) is 36.4 Å². The first-order valence-electron chi connectivity index (χ1n) is 8.36. The van der Waals surface area contributed by atoms with Gasteiger partial charge < -0.3 is 13.7 Å². The maximum absolute atomic E-state index is 12.7. The molecule has 3 rings (SSSR count). The van der Waals surface area contributed by atoms with Crippen LogP contribution >= 0.6 is 0 Å². The molecule has 0 N–H and O–H groups in total. The van der Waals surface area contributed by atoms with Crippen LogP contribution in [0.15, 0.2) is 57.6 Å². The number of benzene rings is 1. The molecule has 0 fully saturated rings. The van der Waals surface area contributed by atoms with E-state index in [4.69, 9.17) is 14.1 Å². The Kier molecular flexibility index (Phi) is 5.49. The van der Waals surface area contributed by atoms with E-state index < -0.39 is 0 Å². The third kappa shape index (κ3) is 4.19. The molecule has 0 spiro atoms. The summed E-state index contributed by atoms with van der Waals surface area (Å²) in [6, 6.07) is 15.2. The molecule has 26 heavy (non-hydrogen) atoms. The van der Waals surface area contributed by atoms with Crippen molar-refractivity contribution in [1.82, 2.24) is 9.88 Å². The molecule has 0 aliphatic rings. The minimum atomic E-state index is -0.118. The van der Waals surface area contributed by atoms with E-state index in [2.05, 4.69) is 11.1 Å². The van der Waals surface area contributed by atoms with Crippen molar-refractivity contribution >= 4 is 5.91 Å². The monoisotopic (exact) mass is 349 g/mol. The molecular formula is C20H19N3O3. The molecule has 0 unspecified atom stereocenters. The third-order valence-corrected chi connectivity index (χ3v) is 4.01. The Morgan fingerprint density at radius 3 is 2.73 bits per heavy atom. The van der Waals surface area contributed by atoms with Crippen molar-refractivity contribution in [2.45, 2.75) is 26.3 Å². The minimum Gasteiger partial charge on any atom is -0.467 e. The fraction of sp³-hybridized carbons (Fsp3) is 0.250. The molecule has 1 amide bonds. The number of carbonyl (C=O) groups excluding carboxylic acids is 1. The van der Waals surface area contributed by atoms with Crippen LogP contribution in [-0.2, 0) is 17.8 Å². The Morgan fingerprint density at radius 2 is 2.04 bits per heavy atom. The van der Waals surface area contributed by atoms with Gasteiger partial charge in [-0.25, -0.2) is 4.98 Å². The van der Waals surface area contributed by atoms with Crippen molar-refractivity contribution in [3.05, 3.63) is 65.9 Å². The Labute approximate surface area is 151 Å². The van der Waals surface area contributed by atoms with Gasteiger partial charge in [0.15, 0.2) is 0 Å². The molecule has 0 radical (unpaired) electrons. The summed E-state index contributed by atoms with van der Waals surface area (Å²) < 4.78 is 11.0. The molecule has 0 atom stereocenters. The lowest BCUT2D eigenvalue weighted by molar-refractivity contribution is -0.131. The smallest absolute Gasteiger partial charge is 0.229 e. The lowest BCUT2D eigenvalue weighted by Gasteiger charge is -2.20. The average Bonchev–Trinajstić information content (AvgIpc) is 3.29. The molecule has 0 saturated carbocycles. The number of oxazole rings is 1. The van der Waals surface area contributed by atoms with Crippen LogP contribution in [-0.4, -0.2) is 22.3 Å². The highest BCUT2D eigenvalue weighted by molar-refractivity contribution is 5.78. The Bertz CT molecular complexity index is 892. The number of carbonyl (C=O) groups is 1. The maximum atomic E-state index is 12.7. The molecule has 3 aromatic rings. The topological polar surface area (TPSA) is 83.3 Å². The van der Waals surface area contributed by atoms with Crippen LogP contribution < -0.4 is 0 Å². The van der Waals surface area contributed by atoms with E-state index in [9.17, 15) is 4.79 Å². The van der Waals surface area contributed by atoms with E-state index in [0.717, 1.165) is 5.56 Å². The SMILES string of the molecule is Cc1oc(-c2ccccc2)nc1CC(=O)N(CCC#N)Cc1ccco1. The van der Waals surface area contributed by atoms with Gasteiger partial charge in [-0.15, -0.1) is 0 Å². The first kappa shape index (κ1) is 17.5. The summed E-state index contributed by atoms with van der Waals surface area (Å²) in [5.74, 6) is 1.68. The normalized spacial score (nSPS) is 10.5. The average molecular weight is 349 g/mol. The number of hydrogen-bond acceptors (Lipinski definition) is 5. The number of rotatable bonds is 7. The van der Waals surface area contributed by atoms with Crippen molar-refractivity contribution in [3.8, 4) is 17.5 Å². The first-order valence-corrected chi connectivity index (χ1v) is 8.36. The van der Waals surface area contributed by atoms with Gasteiger partial charge in [-0.1, -0.05) is 18.2 Å². The molecule has 0 saturated heterocycles. The molecule has 2 aromatic heterocycles. The molecular weight excluding hydrogens is 330 g/mol. The number of amides is 1. The zero-order chi connectivity index (χ0) is 18.4. The Hall–Kier alpha value is -3.33. The second-order valence-corrected chi connectivity index (χ2v) is 5.87. The van der Waals surface area contributed by atoms with Gasteiger partial charge in [-0.05, 0) is 31.2 Å². The number of aryl methyl sites for hydroxylation is 1. The summed E-state index contributed by atoms with van der Waals surface area (Å²) in [5.41, 5.74) is 1.47. The largest absolute Gasteiger partial charge is 0.467 e. The van der Waals surface area contributed by atoms with Crippen LogP contribution in [0.1, 0.15) is 23.6 Å². The molecule has 6 nitrogen and oxygen atoms in total. The lowest BCUT2D eigenvalue weighted by Crippen LogP contribution is -2.32. The highest BCUT2D eigenvalue weighted by atomic mass is 16.4. The van der Waals surface area contributed by atoms with Gasteiger partial charge in [0.2, 0.25) is 11.8 Å². The van der Waals surface area contributed by atoms with Gasteiger partial charge in [0.05, 0.1) is 37.4 Å². The Morgan fingerprint density at radius 1 is 1.23 bits per heavy atom. The van der Waals surface area contributed by atoms with Gasteiger partial charge in [-0.3, -0.25) is 4.79 Å². The number of aromatic nitrogens is 1. The second-order valence-electron chi connectivity index (χ2n) is 5.87. The van der Waals surface area contributed by atoms with Crippen molar-refractivity contribution < 1.29 is 13.6 Å². The van der Waals surface area contributed by atoms with Crippen LogP contribution in [0.4, 0.5) is 0 Å². The third-order valence-electron chi connectivity index (χ3n) is 4.01. The van der Waals surface area contributed by atoms with E-state index in [1.165, 1.54) is 0 Å². The number of nitriles is 1. The summed E-state index contributed by atoms with van der Waals surface area (Å²) in [7, 11) is 0. The molecule has 2 heterocycles. The van der Waals surface area contributed by atoms with E-state index in [1.54, 1.807) is 24.2 Å². The van der Waals surface area contributed by atoms with Crippen LogP contribution in [0.2, 0.25) is 0 Å². The van der Waals surface area contributed by atoms with E-state index >= 15 is 0 Å². The Balaban J connectivity index is 1.74. The molecule has 0 aliphatic heterocycles. The van der Waals surface area contributed by atoms with E-state index in [0.29, 0.717) is 36.2 Å². The van der Waals surface area contributed by atoms with Crippen molar-refractivity contribution in [1.29, 1.82) is 5.26 Å². The summed E-state index contributed by atoms with van der Waals surface area (Å²) in [5, 5.41) is 8.85. The summed E-state index contributed by atoms with van der Waals surface area (Å²) in [6.45, 7) is 2.47. The van der Waals surface area contributed by atoms with Crippen LogP contribution in [0, 0.1) is 18.3 Å². The highest BCUT2D eigenvalue weighted by Crippen LogP contribution is 2.22. The highest BCUT2D eigenvalue weighted by Gasteiger charge is 2.20. The molecule has 0 bridgehead atoms. The lowest BCUT2D eigenvalue weighted by atomic mass is 10.2. The van der Waals surface area contributed by atoms with Gasteiger partial charge in [-0.2, -0.15) is 5.26 Å². The molecule has 1 aromatic carbocycles. The van der Waals surface area contributed by atoms with Crippen LogP contribution in [0.3, 0.4) is 0 Å². The summed E-state index contributed by atoms with van der Waals surface area (Å²) in [4.78, 5) is 18.8. The predicted octanol–water partition coefficient (Wildman–Crippen LogP) is 3.73. The zero-order valence-corrected chi connectivity index (χ0v) is 14.5. The number of furan rings is 1. The van der Waals surface area contributed by atoms with Crippen molar-refractivity contribution in [2.24, 2.45) is 0 Å².